The van der Waals surface area contributed by atoms with Gasteiger partial charge in [-0.15, -0.1) is 0 Å². The Hall–Kier alpha value is -2.19. The van der Waals surface area contributed by atoms with Crippen LogP contribution in [-0.2, 0) is 9.53 Å². The minimum Gasteiger partial charge on any atom is -0.506 e. The van der Waals surface area contributed by atoms with Crippen molar-refractivity contribution in [2.24, 2.45) is 4.99 Å². The van der Waals surface area contributed by atoms with E-state index < -0.39 is 12.0 Å². The maximum atomic E-state index is 13.7. The number of hydrogen-bond donors (Lipinski definition) is 1. The fraction of sp³-hybridized carbons (Fsp3) is 0.269. The van der Waals surface area contributed by atoms with Crippen LogP contribution in [0.2, 0.25) is 0 Å². The molecule has 10 heteroatoms. The summed E-state index contributed by atoms with van der Waals surface area (Å²) in [6.45, 7) is 7.79. The molecule has 188 valence electrons. The normalized spacial score (nSPS) is 15.6. The zero-order valence-electron chi connectivity index (χ0n) is 20.0. The first-order valence-corrected chi connectivity index (χ1v) is 14.2. The summed E-state index contributed by atoms with van der Waals surface area (Å²) >= 11 is 5.39. The summed E-state index contributed by atoms with van der Waals surface area (Å²) < 4.78 is 14.5. The van der Waals surface area contributed by atoms with Crippen molar-refractivity contribution in [3.63, 3.8) is 0 Å². The van der Waals surface area contributed by atoms with Crippen molar-refractivity contribution in [2.45, 2.75) is 39.8 Å². The monoisotopic (exact) mass is 730 g/mol. The Morgan fingerprint density at radius 1 is 1.22 bits per heavy atom. The van der Waals surface area contributed by atoms with Gasteiger partial charge in [0.25, 0.3) is 5.56 Å². The van der Waals surface area contributed by atoms with Gasteiger partial charge in [0, 0.05) is 0 Å². The molecule has 1 aliphatic rings. The molecule has 0 unspecified atom stereocenters. The number of carbonyl (C=O) groups is 1. The van der Waals surface area contributed by atoms with Gasteiger partial charge in [-0.2, -0.15) is 0 Å². The maximum absolute atomic E-state index is 13.7. The molecule has 1 atom stereocenters. The molecule has 1 aliphatic heterocycles. The number of phenolic OH excluding ortho intramolecular Hbond substituents is 1. The van der Waals surface area contributed by atoms with E-state index in [0.717, 1.165) is 11.1 Å². The molecular weight excluding hydrogens is 706 g/mol. The summed E-state index contributed by atoms with van der Waals surface area (Å²) in [5.41, 5.74) is 2.14. The SMILES string of the molecule is CCOc1ccc([C@H]2C(C(=O)OC(C)C)=C(C)N=c3s/c(=C/c4cc(I)c(O)c(I)c4)c(=O)n32)cc1. The third-order valence-electron chi connectivity index (χ3n) is 5.43. The molecule has 7 nitrogen and oxygen atoms in total. The molecule has 36 heavy (non-hydrogen) atoms. The van der Waals surface area contributed by atoms with Crippen LogP contribution in [0.1, 0.15) is 44.9 Å². The van der Waals surface area contributed by atoms with Gasteiger partial charge in [-0.25, -0.2) is 9.79 Å². The highest BCUT2D eigenvalue weighted by Gasteiger charge is 2.33. The molecule has 0 fully saturated rings. The number of rotatable bonds is 6. The van der Waals surface area contributed by atoms with Crippen LogP contribution >= 0.6 is 56.5 Å². The predicted octanol–water partition coefficient (Wildman–Crippen LogP) is 4.50. The van der Waals surface area contributed by atoms with E-state index in [-0.39, 0.29) is 17.4 Å². The van der Waals surface area contributed by atoms with Gasteiger partial charge in [-0.1, -0.05) is 23.5 Å². The van der Waals surface area contributed by atoms with Crippen LogP contribution in [-0.4, -0.2) is 28.4 Å². The predicted molar refractivity (Wildman–Crippen MR) is 156 cm³/mol. The fourth-order valence-electron chi connectivity index (χ4n) is 3.91. The standard InChI is InChI=1S/C26H24I2N2O5S/c1-5-34-17-8-6-16(7-9-17)22-21(25(33)35-13(2)3)14(4)29-26-30(22)24(32)20(36-26)12-15-10-18(27)23(31)19(28)11-15/h6-13,22,31H,5H2,1-4H3/b20-12+/t22-/m0/s1. The maximum Gasteiger partial charge on any atom is 0.338 e. The number of ether oxygens (including phenoxy) is 2. The van der Waals surface area contributed by atoms with E-state index in [1.807, 2.05) is 43.3 Å². The molecule has 0 aliphatic carbocycles. The Balaban J connectivity index is 1.92. The van der Waals surface area contributed by atoms with Gasteiger partial charge in [-0.05, 0) is 114 Å². The van der Waals surface area contributed by atoms with Crippen LogP contribution in [0, 0.1) is 7.14 Å². The van der Waals surface area contributed by atoms with Crippen LogP contribution in [0.15, 0.2) is 57.5 Å². The molecule has 0 saturated carbocycles. The molecule has 0 amide bonds. The number of thiazole rings is 1. The Morgan fingerprint density at radius 3 is 2.44 bits per heavy atom. The lowest BCUT2D eigenvalue weighted by Gasteiger charge is -2.25. The molecule has 2 heterocycles. The number of carbonyl (C=O) groups excluding carboxylic acids is 1. The summed E-state index contributed by atoms with van der Waals surface area (Å²) in [6, 6.07) is 10.3. The average Bonchev–Trinajstić information content (AvgIpc) is 3.11. The molecule has 0 saturated heterocycles. The van der Waals surface area contributed by atoms with Crippen LogP contribution < -0.4 is 19.6 Å². The van der Waals surface area contributed by atoms with Gasteiger partial charge in [0.15, 0.2) is 4.80 Å². The van der Waals surface area contributed by atoms with E-state index in [4.69, 9.17) is 9.47 Å². The van der Waals surface area contributed by atoms with E-state index in [1.165, 1.54) is 11.3 Å². The van der Waals surface area contributed by atoms with Crippen molar-refractivity contribution in [3.05, 3.63) is 85.6 Å². The summed E-state index contributed by atoms with van der Waals surface area (Å²) in [5, 5.41) is 10.1. The lowest BCUT2D eigenvalue weighted by molar-refractivity contribution is -0.143. The third kappa shape index (κ3) is 5.40. The molecule has 0 bridgehead atoms. The van der Waals surface area contributed by atoms with Crippen LogP contribution in [0.4, 0.5) is 0 Å². The summed E-state index contributed by atoms with van der Waals surface area (Å²) in [6.07, 6.45) is 1.47. The number of phenols is 1. The second-order valence-electron chi connectivity index (χ2n) is 8.37. The molecular formula is C26H24I2N2O5S. The van der Waals surface area contributed by atoms with E-state index in [2.05, 4.69) is 50.2 Å². The van der Waals surface area contributed by atoms with Gasteiger partial charge in [0.05, 0.1) is 41.7 Å². The summed E-state index contributed by atoms with van der Waals surface area (Å²) in [7, 11) is 0. The molecule has 0 radical (unpaired) electrons. The number of hydrogen-bond acceptors (Lipinski definition) is 7. The van der Waals surface area contributed by atoms with Gasteiger partial charge in [-0.3, -0.25) is 9.36 Å². The molecule has 1 aromatic heterocycles. The number of allylic oxidation sites excluding steroid dienone is 1. The summed E-state index contributed by atoms with van der Waals surface area (Å²) in [4.78, 5) is 32.1. The molecule has 0 spiro atoms. The van der Waals surface area contributed by atoms with Gasteiger partial charge >= 0.3 is 5.97 Å². The summed E-state index contributed by atoms with van der Waals surface area (Å²) in [5.74, 6) is 0.425. The highest BCUT2D eigenvalue weighted by atomic mass is 127. The Labute approximate surface area is 239 Å². The van der Waals surface area contributed by atoms with Gasteiger partial charge in [0.2, 0.25) is 0 Å². The second kappa shape index (κ2) is 11.1. The highest BCUT2D eigenvalue weighted by Crippen LogP contribution is 2.32. The number of nitrogens with zero attached hydrogens (tertiary/aromatic N) is 2. The fourth-order valence-corrected chi connectivity index (χ4v) is 6.77. The first-order valence-electron chi connectivity index (χ1n) is 11.2. The minimum atomic E-state index is -0.689. The Morgan fingerprint density at radius 2 is 1.86 bits per heavy atom. The number of esters is 1. The van der Waals surface area contributed by atoms with Crippen molar-refractivity contribution in [2.75, 3.05) is 6.61 Å². The van der Waals surface area contributed by atoms with Crippen LogP contribution in [0.5, 0.6) is 11.5 Å². The molecule has 1 N–H and O–H groups in total. The van der Waals surface area contributed by atoms with E-state index in [1.54, 1.807) is 31.4 Å². The van der Waals surface area contributed by atoms with E-state index in [0.29, 0.717) is 40.1 Å². The number of halogens is 2. The smallest absolute Gasteiger partial charge is 0.338 e. The number of fused-ring (bicyclic) bond motifs is 1. The Bertz CT molecular complexity index is 1510. The van der Waals surface area contributed by atoms with Crippen LogP contribution in [0.3, 0.4) is 0 Å². The first kappa shape index (κ1) is 26.9. The topological polar surface area (TPSA) is 90.1 Å². The van der Waals surface area contributed by atoms with Crippen LogP contribution in [0.25, 0.3) is 6.08 Å². The number of aromatic hydroxyl groups is 1. The molecule has 3 aromatic rings. The molecule has 4 rings (SSSR count). The van der Waals surface area contributed by atoms with Crippen molar-refractivity contribution in [1.82, 2.24) is 4.57 Å². The highest BCUT2D eigenvalue weighted by molar-refractivity contribution is 14.1. The molecule has 2 aromatic carbocycles. The minimum absolute atomic E-state index is 0.217. The quantitative estimate of drug-likeness (QED) is 0.298. The van der Waals surface area contributed by atoms with Crippen molar-refractivity contribution in [1.29, 1.82) is 0 Å². The lowest BCUT2D eigenvalue weighted by Crippen LogP contribution is -2.40. The van der Waals surface area contributed by atoms with Gasteiger partial charge < -0.3 is 14.6 Å². The van der Waals surface area contributed by atoms with Crippen molar-refractivity contribution in [3.8, 4) is 11.5 Å². The lowest BCUT2D eigenvalue weighted by atomic mass is 9.96. The second-order valence-corrected chi connectivity index (χ2v) is 11.7. The van der Waals surface area contributed by atoms with Gasteiger partial charge in [0.1, 0.15) is 11.5 Å². The third-order valence-corrected chi connectivity index (χ3v) is 8.06. The van der Waals surface area contributed by atoms with Crippen molar-refractivity contribution >= 4 is 68.6 Å². The van der Waals surface area contributed by atoms with E-state index >= 15 is 0 Å². The van der Waals surface area contributed by atoms with E-state index in [9.17, 15) is 14.7 Å². The zero-order valence-corrected chi connectivity index (χ0v) is 25.2. The average molecular weight is 730 g/mol. The zero-order chi connectivity index (χ0) is 26.1. The Kier molecular flexibility index (Phi) is 8.25. The first-order chi connectivity index (χ1) is 17.1. The number of benzene rings is 2. The number of aromatic nitrogens is 1. The largest absolute Gasteiger partial charge is 0.506 e. The van der Waals surface area contributed by atoms with Crippen molar-refractivity contribution < 1.29 is 19.4 Å².